The van der Waals surface area contributed by atoms with E-state index in [4.69, 9.17) is 5.73 Å². The Bertz CT molecular complexity index is 767. The van der Waals surface area contributed by atoms with E-state index in [0.717, 1.165) is 5.39 Å². The molecule has 0 saturated heterocycles. The van der Waals surface area contributed by atoms with Gasteiger partial charge in [0.1, 0.15) is 0 Å². The zero-order valence-electron chi connectivity index (χ0n) is 12.3. The highest BCUT2D eigenvalue weighted by Gasteiger charge is 2.36. The van der Waals surface area contributed by atoms with Gasteiger partial charge in [-0.2, -0.15) is 0 Å². The van der Waals surface area contributed by atoms with Crippen molar-refractivity contribution in [1.29, 1.82) is 0 Å². The summed E-state index contributed by atoms with van der Waals surface area (Å²) in [6.45, 7) is 1.83. The molecule has 0 aliphatic carbocycles. The molecule has 5 heteroatoms. The van der Waals surface area contributed by atoms with Crippen molar-refractivity contribution in [3.63, 3.8) is 0 Å². The molecule has 0 bridgehead atoms. The lowest BCUT2D eigenvalue weighted by molar-refractivity contribution is 0.0401. The first-order valence-electron chi connectivity index (χ1n) is 6.78. The van der Waals surface area contributed by atoms with Crippen molar-refractivity contribution in [3.8, 4) is 0 Å². The third-order valence-corrected chi connectivity index (χ3v) is 4.02. The molecule has 2 aromatic carbocycles. The summed E-state index contributed by atoms with van der Waals surface area (Å²) in [5, 5.41) is 1.52. The van der Waals surface area contributed by atoms with Gasteiger partial charge < -0.3 is 5.73 Å². The number of nitrogens with zero attached hydrogens (tertiary/aromatic N) is 2. The Labute approximate surface area is 122 Å². The number of hydrogen-bond acceptors (Lipinski definition) is 4. The lowest BCUT2D eigenvalue weighted by Crippen LogP contribution is -2.51. The molecule has 0 saturated carbocycles. The fourth-order valence-corrected chi connectivity index (χ4v) is 2.72. The van der Waals surface area contributed by atoms with Gasteiger partial charge in [-0.25, -0.2) is 0 Å². The third kappa shape index (κ3) is 1.89. The second-order valence-electron chi connectivity index (χ2n) is 5.55. The van der Waals surface area contributed by atoms with E-state index in [0.29, 0.717) is 22.2 Å². The number of carbonyl (C=O) groups is 2. The fourth-order valence-electron chi connectivity index (χ4n) is 2.72. The number of rotatable bonds is 2. The van der Waals surface area contributed by atoms with Crippen LogP contribution in [0.2, 0.25) is 0 Å². The summed E-state index contributed by atoms with van der Waals surface area (Å²) in [4.78, 5) is 28.5. The van der Waals surface area contributed by atoms with Crippen LogP contribution in [-0.2, 0) is 0 Å². The van der Waals surface area contributed by atoms with Crippen molar-refractivity contribution < 1.29 is 9.59 Å². The maximum atomic E-state index is 12.7. The summed E-state index contributed by atoms with van der Waals surface area (Å²) < 4.78 is 0. The summed E-state index contributed by atoms with van der Waals surface area (Å²) in [7, 11) is 3.67. The predicted molar refractivity (Wildman–Crippen MR) is 82.0 cm³/mol. The molecular weight excluding hydrogens is 266 g/mol. The number of hydrogen-bond donors (Lipinski definition) is 1. The Kier molecular flexibility index (Phi) is 2.95. The highest BCUT2D eigenvalue weighted by Crippen LogP contribution is 2.32. The minimum absolute atomic E-state index is 0.260. The lowest BCUT2D eigenvalue weighted by atomic mass is 9.93. The van der Waals surface area contributed by atoms with Gasteiger partial charge >= 0.3 is 0 Å². The Morgan fingerprint density at radius 2 is 1.76 bits per heavy atom. The van der Waals surface area contributed by atoms with E-state index in [1.54, 1.807) is 18.2 Å². The lowest BCUT2D eigenvalue weighted by Gasteiger charge is -2.35. The van der Waals surface area contributed by atoms with Crippen LogP contribution in [0.3, 0.4) is 0 Å². The zero-order chi connectivity index (χ0) is 15.3. The van der Waals surface area contributed by atoms with Crippen molar-refractivity contribution in [1.82, 2.24) is 9.80 Å². The first-order valence-corrected chi connectivity index (χ1v) is 6.78. The largest absolute Gasteiger partial charge is 0.399 e. The van der Waals surface area contributed by atoms with Crippen LogP contribution in [0.15, 0.2) is 30.3 Å². The molecule has 1 unspecified atom stereocenters. The van der Waals surface area contributed by atoms with Crippen LogP contribution in [0.25, 0.3) is 10.8 Å². The van der Waals surface area contributed by atoms with Gasteiger partial charge in [0.05, 0.1) is 11.7 Å². The van der Waals surface area contributed by atoms with Crippen molar-refractivity contribution in [3.05, 3.63) is 41.5 Å². The molecule has 2 N–H and O–H groups in total. The molecule has 0 aromatic heterocycles. The van der Waals surface area contributed by atoms with Crippen molar-refractivity contribution in [2.75, 3.05) is 19.8 Å². The van der Waals surface area contributed by atoms with Gasteiger partial charge in [-0.3, -0.25) is 19.4 Å². The second-order valence-corrected chi connectivity index (χ2v) is 5.55. The van der Waals surface area contributed by atoms with Crippen LogP contribution in [0.4, 0.5) is 5.69 Å². The van der Waals surface area contributed by atoms with E-state index in [1.165, 1.54) is 4.90 Å². The van der Waals surface area contributed by atoms with Gasteiger partial charge in [0.25, 0.3) is 11.8 Å². The molecule has 1 heterocycles. The highest BCUT2D eigenvalue weighted by molar-refractivity contribution is 6.26. The zero-order valence-corrected chi connectivity index (χ0v) is 12.3. The summed E-state index contributed by atoms with van der Waals surface area (Å²) in [6, 6.07) is 8.87. The molecule has 21 heavy (non-hydrogen) atoms. The molecule has 2 amide bonds. The van der Waals surface area contributed by atoms with E-state index in [-0.39, 0.29) is 18.0 Å². The van der Waals surface area contributed by atoms with Crippen LogP contribution in [0, 0.1) is 0 Å². The maximum absolute atomic E-state index is 12.7. The molecule has 0 fully saturated rings. The van der Waals surface area contributed by atoms with Gasteiger partial charge in [-0.1, -0.05) is 12.1 Å². The second kappa shape index (κ2) is 4.56. The normalized spacial score (nSPS) is 15.9. The number of benzene rings is 2. The van der Waals surface area contributed by atoms with Gasteiger partial charge in [-0.05, 0) is 44.6 Å². The Balaban J connectivity index is 2.30. The van der Waals surface area contributed by atoms with E-state index in [9.17, 15) is 9.59 Å². The molecular formula is C16H17N3O2. The smallest absolute Gasteiger partial charge is 0.262 e. The van der Waals surface area contributed by atoms with Crippen LogP contribution in [-0.4, -0.2) is 41.9 Å². The molecule has 108 valence electrons. The van der Waals surface area contributed by atoms with Crippen LogP contribution >= 0.6 is 0 Å². The topological polar surface area (TPSA) is 66.6 Å². The van der Waals surface area contributed by atoms with Gasteiger partial charge in [-0.15, -0.1) is 0 Å². The number of carbonyl (C=O) groups excluding carboxylic acids is 2. The number of nitrogen functional groups attached to an aromatic ring is 1. The fraction of sp³-hybridized carbons (Fsp3) is 0.250. The van der Waals surface area contributed by atoms with E-state index < -0.39 is 0 Å². The summed E-state index contributed by atoms with van der Waals surface area (Å²) in [6.07, 6.45) is -0.324. The van der Waals surface area contributed by atoms with Crippen LogP contribution in [0.1, 0.15) is 27.6 Å². The first kappa shape index (κ1) is 13.6. The van der Waals surface area contributed by atoms with Crippen molar-refractivity contribution in [2.45, 2.75) is 13.1 Å². The van der Waals surface area contributed by atoms with Gasteiger partial charge in [0.2, 0.25) is 0 Å². The standard InChI is InChI=1S/C16H17N3O2/c1-9(18(2)3)19-15(20)12-6-4-5-10-7-11(17)8-13(14(10)12)16(19)21/h4-9H,17H2,1-3H3. The number of imide groups is 1. The third-order valence-electron chi connectivity index (χ3n) is 4.02. The average molecular weight is 283 g/mol. The van der Waals surface area contributed by atoms with E-state index in [1.807, 2.05) is 38.1 Å². The minimum atomic E-state index is -0.324. The number of amides is 2. The van der Waals surface area contributed by atoms with E-state index in [2.05, 4.69) is 0 Å². The first-order chi connectivity index (χ1) is 9.91. The number of nitrogens with two attached hydrogens (primary N) is 1. The molecule has 0 radical (unpaired) electrons. The number of anilines is 1. The molecule has 1 atom stereocenters. The van der Waals surface area contributed by atoms with Crippen molar-refractivity contribution >= 4 is 28.3 Å². The summed E-state index contributed by atoms with van der Waals surface area (Å²) >= 11 is 0. The molecule has 5 nitrogen and oxygen atoms in total. The molecule has 1 aliphatic heterocycles. The van der Waals surface area contributed by atoms with Gasteiger partial charge in [0.15, 0.2) is 0 Å². The Morgan fingerprint density at radius 3 is 2.43 bits per heavy atom. The van der Waals surface area contributed by atoms with Gasteiger partial charge in [0, 0.05) is 16.6 Å². The van der Waals surface area contributed by atoms with Crippen LogP contribution < -0.4 is 5.73 Å². The summed E-state index contributed by atoms with van der Waals surface area (Å²) in [5.74, 6) is -0.554. The summed E-state index contributed by atoms with van der Waals surface area (Å²) in [5.41, 5.74) is 7.46. The predicted octanol–water partition coefficient (Wildman–Crippen LogP) is 1.93. The monoisotopic (exact) mass is 283 g/mol. The Hall–Kier alpha value is -2.40. The van der Waals surface area contributed by atoms with Crippen LogP contribution in [0.5, 0.6) is 0 Å². The highest BCUT2D eigenvalue weighted by atomic mass is 16.2. The maximum Gasteiger partial charge on any atom is 0.262 e. The minimum Gasteiger partial charge on any atom is -0.399 e. The van der Waals surface area contributed by atoms with E-state index >= 15 is 0 Å². The SMILES string of the molecule is CC(N(C)C)N1C(=O)c2cccc3cc(N)cc(c23)C1=O. The molecule has 0 spiro atoms. The quantitative estimate of drug-likeness (QED) is 0.675. The molecule has 1 aliphatic rings. The molecule has 3 rings (SSSR count). The van der Waals surface area contributed by atoms with Crippen molar-refractivity contribution in [2.24, 2.45) is 0 Å². The molecule has 2 aromatic rings. The Morgan fingerprint density at radius 1 is 1.10 bits per heavy atom. The average Bonchev–Trinajstić information content (AvgIpc) is 2.44.